The van der Waals surface area contributed by atoms with Gasteiger partial charge in [-0.2, -0.15) is 5.26 Å². The summed E-state index contributed by atoms with van der Waals surface area (Å²) in [7, 11) is 3.18. The van der Waals surface area contributed by atoms with Gasteiger partial charge in [0, 0.05) is 16.7 Å². The smallest absolute Gasteiger partial charge is 0.277 e. The molecule has 2 atom stereocenters. The summed E-state index contributed by atoms with van der Waals surface area (Å²) >= 11 is 1.56. The highest BCUT2D eigenvalue weighted by molar-refractivity contribution is 7.99. The van der Waals surface area contributed by atoms with Crippen molar-refractivity contribution in [2.24, 2.45) is 5.92 Å². The number of hydrogen-bond acceptors (Lipinski definition) is 7. The van der Waals surface area contributed by atoms with Gasteiger partial charge in [0.1, 0.15) is 0 Å². The van der Waals surface area contributed by atoms with Gasteiger partial charge in [0.15, 0.2) is 11.5 Å². The van der Waals surface area contributed by atoms with Crippen molar-refractivity contribution >= 4 is 11.8 Å². The van der Waals surface area contributed by atoms with Crippen molar-refractivity contribution in [3.8, 4) is 29.0 Å². The molecule has 1 aliphatic rings. The van der Waals surface area contributed by atoms with Crippen molar-refractivity contribution in [1.82, 2.24) is 10.2 Å². The maximum Gasteiger partial charge on any atom is 0.277 e. The third-order valence-electron chi connectivity index (χ3n) is 3.87. The Morgan fingerprint density at radius 1 is 1.22 bits per heavy atom. The van der Waals surface area contributed by atoms with E-state index < -0.39 is 0 Å². The van der Waals surface area contributed by atoms with E-state index in [1.165, 1.54) is 0 Å². The summed E-state index contributed by atoms with van der Waals surface area (Å²) in [6.45, 7) is 0. The first kappa shape index (κ1) is 15.7. The van der Waals surface area contributed by atoms with Crippen LogP contribution in [-0.2, 0) is 0 Å². The molecule has 0 spiro atoms. The van der Waals surface area contributed by atoms with E-state index in [-0.39, 0.29) is 5.92 Å². The first-order chi connectivity index (χ1) is 11.2. The lowest BCUT2D eigenvalue weighted by Gasteiger charge is -2.07. The van der Waals surface area contributed by atoms with Gasteiger partial charge < -0.3 is 13.9 Å². The Labute approximate surface area is 138 Å². The summed E-state index contributed by atoms with van der Waals surface area (Å²) in [5, 5.41) is 18.1. The van der Waals surface area contributed by atoms with Gasteiger partial charge in [-0.25, -0.2) is 0 Å². The molecule has 1 aromatic heterocycles. The monoisotopic (exact) mass is 331 g/mol. The third kappa shape index (κ3) is 3.42. The molecule has 0 bridgehead atoms. The van der Waals surface area contributed by atoms with Crippen LogP contribution >= 0.6 is 11.8 Å². The number of nitriles is 1. The Morgan fingerprint density at radius 2 is 2.04 bits per heavy atom. The number of methoxy groups -OCH3 is 2. The zero-order chi connectivity index (χ0) is 16.2. The van der Waals surface area contributed by atoms with Crippen LogP contribution in [0.1, 0.15) is 19.3 Å². The molecule has 3 rings (SSSR count). The van der Waals surface area contributed by atoms with E-state index in [4.69, 9.17) is 19.2 Å². The van der Waals surface area contributed by atoms with Gasteiger partial charge in [-0.1, -0.05) is 11.8 Å². The van der Waals surface area contributed by atoms with Gasteiger partial charge in [-0.3, -0.25) is 0 Å². The molecule has 2 aromatic rings. The summed E-state index contributed by atoms with van der Waals surface area (Å²) in [5.74, 6) is 1.87. The molecule has 120 valence electrons. The zero-order valence-electron chi connectivity index (χ0n) is 13.0. The van der Waals surface area contributed by atoms with Crippen molar-refractivity contribution in [3.05, 3.63) is 18.2 Å². The molecule has 0 saturated heterocycles. The topological polar surface area (TPSA) is 81.2 Å². The van der Waals surface area contributed by atoms with Gasteiger partial charge in [0.2, 0.25) is 5.89 Å². The number of thioether (sulfide) groups is 1. The minimum atomic E-state index is 0.153. The summed E-state index contributed by atoms with van der Waals surface area (Å²) < 4.78 is 16.2. The molecule has 6 nitrogen and oxygen atoms in total. The van der Waals surface area contributed by atoms with E-state index in [0.717, 1.165) is 24.8 Å². The molecule has 0 radical (unpaired) electrons. The van der Waals surface area contributed by atoms with Gasteiger partial charge in [-0.05, 0) is 37.5 Å². The Hall–Kier alpha value is -2.20. The zero-order valence-corrected chi connectivity index (χ0v) is 13.8. The number of rotatable bonds is 5. The molecule has 1 heterocycles. The van der Waals surface area contributed by atoms with Crippen molar-refractivity contribution in [3.63, 3.8) is 0 Å². The van der Waals surface area contributed by atoms with Crippen LogP contribution in [0.15, 0.2) is 27.8 Å². The molecule has 1 fully saturated rings. The predicted octanol–water partition coefficient (Wildman–Crippen LogP) is 3.54. The molecule has 2 unspecified atom stereocenters. The Bertz CT molecular complexity index is 726. The quantitative estimate of drug-likeness (QED) is 0.828. The highest BCUT2D eigenvalue weighted by Gasteiger charge is 2.27. The fourth-order valence-electron chi connectivity index (χ4n) is 2.65. The standard InChI is InChI=1S/C16H17N3O3S/c1-20-13-6-4-11(8-14(13)21-2)15-18-19-16(22-15)23-12-5-3-10(7-12)9-17/h4,6,8,10,12H,3,5,7H2,1-2H3. The van der Waals surface area contributed by atoms with Gasteiger partial charge >= 0.3 is 0 Å². The second-order valence-electron chi connectivity index (χ2n) is 5.32. The Morgan fingerprint density at radius 3 is 2.74 bits per heavy atom. The fraction of sp³-hybridized carbons (Fsp3) is 0.438. The summed E-state index contributed by atoms with van der Waals surface area (Å²) in [5.41, 5.74) is 0.781. The Balaban J connectivity index is 1.73. The molecular formula is C16H17N3O3S. The molecule has 1 saturated carbocycles. The van der Waals surface area contributed by atoms with Crippen molar-refractivity contribution in [1.29, 1.82) is 5.26 Å². The molecule has 0 aliphatic heterocycles. The molecule has 1 aliphatic carbocycles. The third-order valence-corrected chi connectivity index (χ3v) is 5.00. The van der Waals surface area contributed by atoms with E-state index in [1.807, 2.05) is 12.1 Å². The van der Waals surface area contributed by atoms with Crippen LogP contribution in [-0.4, -0.2) is 29.7 Å². The first-order valence-corrected chi connectivity index (χ1v) is 8.23. The summed E-state index contributed by atoms with van der Waals surface area (Å²) in [6, 6.07) is 7.79. The van der Waals surface area contributed by atoms with Crippen LogP contribution in [0.4, 0.5) is 0 Å². The normalized spacial score (nSPS) is 20.2. The van der Waals surface area contributed by atoms with Crippen LogP contribution < -0.4 is 9.47 Å². The number of aromatic nitrogens is 2. The average molecular weight is 331 g/mol. The molecule has 23 heavy (non-hydrogen) atoms. The van der Waals surface area contributed by atoms with Crippen LogP contribution in [0.25, 0.3) is 11.5 Å². The van der Waals surface area contributed by atoms with Gasteiger partial charge in [-0.15, -0.1) is 10.2 Å². The van der Waals surface area contributed by atoms with Crippen LogP contribution in [0.3, 0.4) is 0 Å². The SMILES string of the molecule is COc1ccc(-c2nnc(SC3CCC(C#N)C3)o2)cc1OC. The van der Waals surface area contributed by atoms with Crippen LogP contribution in [0, 0.1) is 17.2 Å². The molecule has 0 amide bonds. The van der Waals surface area contributed by atoms with E-state index in [2.05, 4.69) is 16.3 Å². The van der Waals surface area contributed by atoms with E-state index in [9.17, 15) is 0 Å². The number of nitrogens with zero attached hydrogens (tertiary/aromatic N) is 3. The molecule has 1 aromatic carbocycles. The van der Waals surface area contributed by atoms with Crippen LogP contribution in [0.2, 0.25) is 0 Å². The molecule has 0 N–H and O–H groups in total. The van der Waals surface area contributed by atoms with Gasteiger partial charge in [0.25, 0.3) is 5.22 Å². The molecule has 7 heteroatoms. The highest BCUT2D eigenvalue weighted by Crippen LogP contribution is 2.38. The average Bonchev–Trinajstić information content (AvgIpc) is 3.24. The highest BCUT2D eigenvalue weighted by atomic mass is 32.2. The van der Waals surface area contributed by atoms with Gasteiger partial charge in [0.05, 0.1) is 20.3 Å². The number of benzene rings is 1. The minimum absolute atomic E-state index is 0.153. The van der Waals surface area contributed by atoms with E-state index >= 15 is 0 Å². The largest absolute Gasteiger partial charge is 0.493 e. The lowest BCUT2D eigenvalue weighted by atomic mass is 10.1. The van der Waals surface area contributed by atoms with Crippen molar-refractivity contribution in [2.45, 2.75) is 29.7 Å². The summed E-state index contributed by atoms with van der Waals surface area (Å²) in [6.07, 6.45) is 2.84. The van der Waals surface area contributed by atoms with E-state index in [0.29, 0.717) is 27.9 Å². The second kappa shape index (κ2) is 6.92. The number of ether oxygens (including phenoxy) is 2. The maximum atomic E-state index is 8.96. The second-order valence-corrected chi connectivity index (χ2v) is 6.57. The van der Waals surface area contributed by atoms with Crippen molar-refractivity contribution in [2.75, 3.05) is 14.2 Å². The lowest BCUT2D eigenvalue weighted by Crippen LogP contribution is -1.95. The first-order valence-electron chi connectivity index (χ1n) is 7.35. The molecular weight excluding hydrogens is 314 g/mol. The minimum Gasteiger partial charge on any atom is -0.493 e. The predicted molar refractivity (Wildman–Crippen MR) is 85.4 cm³/mol. The van der Waals surface area contributed by atoms with Crippen LogP contribution in [0.5, 0.6) is 11.5 Å². The summed E-state index contributed by atoms with van der Waals surface area (Å²) in [4.78, 5) is 0. The lowest BCUT2D eigenvalue weighted by molar-refractivity contribution is 0.355. The Kier molecular flexibility index (Phi) is 4.72. The van der Waals surface area contributed by atoms with E-state index in [1.54, 1.807) is 32.0 Å². The maximum absolute atomic E-state index is 8.96. The number of hydrogen-bond donors (Lipinski definition) is 0. The fourth-order valence-corrected chi connectivity index (χ4v) is 3.73. The van der Waals surface area contributed by atoms with Crippen molar-refractivity contribution < 1.29 is 13.9 Å².